The third-order valence-corrected chi connectivity index (χ3v) is 5.54. The second-order valence-corrected chi connectivity index (χ2v) is 7.50. The topological polar surface area (TPSA) is 103 Å². The summed E-state index contributed by atoms with van der Waals surface area (Å²) in [7, 11) is 0. The van der Waals surface area contributed by atoms with Crippen LogP contribution in [0.2, 0.25) is 0 Å². The lowest BCUT2D eigenvalue weighted by molar-refractivity contribution is 0.145. The van der Waals surface area contributed by atoms with Crippen molar-refractivity contribution in [1.29, 1.82) is 0 Å². The number of imidazole rings is 1. The maximum Gasteiger partial charge on any atom is 0.140 e. The van der Waals surface area contributed by atoms with Gasteiger partial charge < -0.3 is 26.1 Å². The first-order valence-corrected chi connectivity index (χ1v) is 9.79. The Morgan fingerprint density at radius 1 is 1.18 bits per heavy atom. The molecular weight excluding hydrogens is 350 g/mol. The van der Waals surface area contributed by atoms with E-state index in [0.29, 0.717) is 0 Å². The number of aliphatic hydroxyl groups is 1. The number of benzene rings is 2. The Bertz CT molecular complexity index is 1080. The highest BCUT2D eigenvalue weighted by Gasteiger charge is 2.20. The van der Waals surface area contributed by atoms with Gasteiger partial charge in [0.2, 0.25) is 0 Å². The molecule has 0 fully saturated rings. The van der Waals surface area contributed by atoms with E-state index in [2.05, 4.69) is 34.3 Å². The minimum atomic E-state index is -0.791. The predicted molar refractivity (Wildman–Crippen MR) is 114 cm³/mol. The van der Waals surface area contributed by atoms with Gasteiger partial charge in [-0.3, -0.25) is 0 Å². The zero-order valence-electron chi connectivity index (χ0n) is 16.2. The molecule has 2 heterocycles. The molecule has 2 aromatic carbocycles. The summed E-state index contributed by atoms with van der Waals surface area (Å²) in [4.78, 5) is 11.4. The monoisotopic (exact) mass is 377 g/mol. The first kappa shape index (κ1) is 18.5. The molecule has 146 valence electrons. The van der Waals surface area contributed by atoms with Crippen LogP contribution < -0.4 is 11.1 Å². The molecule has 0 saturated heterocycles. The van der Waals surface area contributed by atoms with Gasteiger partial charge >= 0.3 is 0 Å². The Morgan fingerprint density at radius 3 is 2.82 bits per heavy atom. The SMILES string of the molecule is CC[C@H](C)[C@H](N)C(O)Nc1ccc2nc(Cc3c[nH]c4ccccc34)[nH]c2c1. The molecule has 1 unspecified atom stereocenters. The fourth-order valence-electron chi connectivity index (χ4n) is 3.54. The summed E-state index contributed by atoms with van der Waals surface area (Å²) >= 11 is 0. The van der Waals surface area contributed by atoms with Crippen molar-refractivity contribution in [2.75, 3.05) is 5.32 Å². The molecule has 0 aliphatic heterocycles. The molecule has 3 atom stereocenters. The maximum atomic E-state index is 10.4. The van der Waals surface area contributed by atoms with Crippen LogP contribution in [0.5, 0.6) is 0 Å². The number of rotatable bonds is 7. The Hall–Kier alpha value is -2.83. The number of hydrogen-bond acceptors (Lipinski definition) is 4. The minimum Gasteiger partial charge on any atom is -0.372 e. The lowest BCUT2D eigenvalue weighted by Gasteiger charge is -2.25. The van der Waals surface area contributed by atoms with E-state index < -0.39 is 6.23 Å². The van der Waals surface area contributed by atoms with Crippen LogP contribution in [0, 0.1) is 5.92 Å². The van der Waals surface area contributed by atoms with Gasteiger partial charge in [-0.2, -0.15) is 0 Å². The molecule has 0 aliphatic carbocycles. The second kappa shape index (κ2) is 7.66. The quantitative estimate of drug-likeness (QED) is 0.317. The largest absolute Gasteiger partial charge is 0.372 e. The third-order valence-electron chi connectivity index (χ3n) is 5.54. The van der Waals surface area contributed by atoms with Gasteiger partial charge in [0.25, 0.3) is 0 Å². The van der Waals surface area contributed by atoms with Crippen molar-refractivity contribution in [3.8, 4) is 0 Å². The van der Waals surface area contributed by atoms with Crippen molar-refractivity contribution in [1.82, 2.24) is 15.0 Å². The lowest BCUT2D eigenvalue weighted by Crippen LogP contribution is -2.44. The highest BCUT2D eigenvalue weighted by atomic mass is 16.3. The molecule has 0 spiro atoms. The van der Waals surface area contributed by atoms with Crippen LogP contribution in [0.15, 0.2) is 48.7 Å². The molecule has 6 nitrogen and oxygen atoms in total. The average molecular weight is 377 g/mol. The number of aliphatic hydroxyl groups excluding tert-OH is 1. The number of nitrogens with two attached hydrogens (primary N) is 1. The molecule has 2 aromatic heterocycles. The molecular formula is C22H27N5O. The van der Waals surface area contributed by atoms with Crippen LogP contribution in [-0.4, -0.2) is 32.3 Å². The fraction of sp³-hybridized carbons (Fsp3) is 0.318. The number of nitrogens with one attached hydrogen (secondary N) is 3. The first-order valence-electron chi connectivity index (χ1n) is 9.79. The molecule has 4 aromatic rings. The van der Waals surface area contributed by atoms with E-state index in [1.807, 2.05) is 43.5 Å². The van der Waals surface area contributed by atoms with Crippen LogP contribution in [0.1, 0.15) is 31.7 Å². The van der Waals surface area contributed by atoms with E-state index in [4.69, 9.17) is 10.7 Å². The second-order valence-electron chi connectivity index (χ2n) is 7.50. The summed E-state index contributed by atoms with van der Waals surface area (Å²) < 4.78 is 0. The molecule has 4 rings (SSSR count). The van der Waals surface area contributed by atoms with Crippen LogP contribution in [0.3, 0.4) is 0 Å². The van der Waals surface area contributed by atoms with Crippen molar-refractivity contribution in [2.24, 2.45) is 11.7 Å². The van der Waals surface area contributed by atoms with E-state index in [0.717, 1.165) is 40.9 Å². The van der Waals surface area contributed by atoms with Crippen LogP contribution in [0.25, 0.3) is 21.9 Å². The zero-order valence-corrected chi connectivity index (χ0v) is 16.2. The molecule has 0 saturated carbocycles. The molecule has 0 aliphatic rings. The van der Waals surface area contributed by atoms with Crippen molar-refractivity contribution in [3.63, 3.8) is 0 Å². The number of hydrogen-bond donors (Lipinski definition) is 5. The molecule has 6 heteroatoms. The van der Waals surface area contributed by atoms with E-state index in [1.54, 1.807) is 0 Å². The van der Waals surface area contributed by atoms with Crippen molar-refractivity contribution in [3.05, 3.63) is 60.0 Å². The number of aromatic amines is 2. The number of H-pyrrole nitrogens is 2. The van der Waals surface area contributed by atoms with Gasteiger partial charge in [-0.05, 0) is 35.7 Å². The van der Waals surface area contributed by atoms with Crippen molar-refractivity contribution < 1.29 is 5.11 Å². The van der Waals surface area contributed by atoms with Gasteiger partial charge in [0.15, 0.2) is 0 Å². The number of anilines is 1. The van der Waals surface area contributed by atoms with Crippen LogP contribution in [0.4, 0.5) is 5.69 Å². The summed E-state index contributed by atoms with van der Waals surface area (Å²) in [5.41, 5.74) is 11.1. The van der Waals surface area contributed by atoms with E-state index in [9.17, 15) is 5.11 Å². The van der Waals surface area contributed by atoms with E-state index in [-0.39, 0.29) is 12.0 Å². The van der Waals surface area contributed by atoms with Crippen molar-refractivity contribution >= 4 is 27.6 Å². The average Bonchev–Trinajstić information content (AvgIpc) is 3.30. The highest BCUT2D eigenvalue weighted by Crippen LogP contribution is 2.23. The maximum absolute atomic E-state index is 10.4. The highest BCUT2D eigenvalue weighted by molar-refractivity contribution is 5.84. The number of aromatic nitrogens is 3. The summed E-state index contributed by atoms with van der Waals surface area (Å²) in [6.45, 7) is 4.12. The minimum absolute atomic E-state index is 0.237. The molecule has 0 bridgehead atoms. The number of fused-ring (bicyclic) bond motifs is 2. The molecule has 0 amide bonds. The van der Waals surface area contributed by atoms with Crippen LogP contribution in [-0.2, 0) is 6.42 Å². The number of nitrogens with zero attached hydrogens (tertiary/aromatic N) is 1. The Kier molecular flexibility index (Phi) is 5.07. The molecule has 28 heavy (non-hydrogen) atoms. The van der Waals surface area contributed by atoms with E-state index in [1.165, 1.54) is 10.9 Å². The smallest absolute Gasteiger partial charge is 0.140 e. The van der Waals surface area contributed by atoms with Gasteiger partial charge in [0.05, 0.1) is 17.1 Å². The normalized spacial score (nSPS) is 15.0. The molecule has 0 radical (unpaired) electrons. The standard InChI is InChI=1S/C22H27N5O/c1-3-13(2)21(23)22(28)25-15-8-9-18-19(11-15)27-20(26-18)10-14-12-24-17-7-5-4-6-16(14)17/h4-9,11-13,21-22,24-25,28H,3,10,23H2,1-2H3,(H,26,27)/t13-,21-,22?/m0/s1. The lowest BCUT2D eigenvalue weighted by atomic mass is 9.98. The first-order chi connectivity index (χ1) is 13.5. The van der Waals surface area contributed by atoms with Crippen molar-refractivity contribution in [2.45, 2.75) is 39.0 Å². The molecule has 6 N–H and O–H groups in total. The Balaban J connectivity index is 1.53. The zero-order chi connectivity index (χ0) is 19.7. The summed E-state index contributed by atoms with van der Waals surface area (Å²) in [6.07, 6.45) is 2.90. The van der Waals surface area contributed by atoms with E-state index >= 15 is 0 Å². The van der Waals surface area contributed by atoms with Gasteiger partial charge in [0, 0.05) is 29.2 Å². The fourth-order valence-corrected chi connectivity index (χ4v) is 3.54. The Labute approximate surface area is 164 Å². The predicted octanol–water partition coefficient (Wildman–Crippen LogP) is 3.74. The summed E-state index contributed by atoms with van der Waals surface area (Å²) in [5, 5.41) is 14.7. The Morgan fingerprint density at radius 2 is 2.00 bits per heavy atom. The van der Waals surface area contributed by atoms with Gasteiger partial charge in [0.1, 0.15) is 12.1 Å². The summed E-state index contributed by atoms with van der Waals surface area (Å²) in [5.74, 6) is 1.15. The number of para-hydroxylation sites is 1. The third kappa shape index (κ3) is 3.61. The van der Waals surface area contributed by atoms with Crippen LogP contribution >= 0.6 is 0 Å². The van der Waals surface area contributed by atoms with Gasteiger partial charge in [-0.25, -0.2) is 4.98 Å². The van der Waals surface area contributed by atoms with Gasteiger partial charge in [-0.1, -0.05) is 38.5 Å². The summed E-state index contributed by atoms with van der Waals surface area (Å²) in [6, 6.07) is 13.8. The van der Waals surface area contributed by atoms with Gasteiger partial charge in [-0.15, -0.1) is 0 Å².